The average molecular weight is 314 g/mol. The van der Waals surface area contributed by atoms with Crippen LogP contribution in [0, 0.1) is 10.1 Å². The lowest BCUT2D eigenvalue weighted by Crippen LogP contribution is -2.31. The molecule has 0 saturated carbocycles. The van der Waals surface area contributed by atoms with E-state index in [0.717, 1.165) is 11.1 Å². The molecule has 1 heterocycles. The molecular weight excluding hydrogens is 300 g/mol. The van der Waals surface area contributed by atoms with Gasteiger partial charge in [-0.2, -0.15) is 4.98 Å². The first-order valence-electron chi connectivity index (χ1n) is 6.92. The molecule has 118 valence electrons. The quantitative estimate of drug-likeness (QED) is 0.394. The number of benzene rings is 2. The molecule has 0 saturated heterocycles. The molecule has 3 rings (SSSR count). The van der Waals surface area contributed by atoms with Crippen LogP contribution in [0.25, 0.3) is 22.2 Å². The Kier molecular flexibility index (Phi) is 4.20. The molecule has 0 aliphatic rings. The van der Waals surface area contributed by atoms with Gasteiger partial charge in [0.2, 0.25) is 0 Å². The molecule has 23 heavy (non-hydrogen) atoms. The molecular formula is C16H14N2O5. The predicted molar refractivity (Wildman–Crippen MR) is 82.7 cm³/mol. The van der Waals surface area contributed by atoms with Crippen LogP contribution in [0.1, 0.15) is 0 Å². The van der Waals surface area contributed by atoms with Crippen LogP contribution in [0.2, 0.25) is 0 Å². The van der Waals surface area contributed by atoms with Crippen LogP contribution < -0.4 is 4.74 Å². The molecule has 0 aliphatic heterocycles. The van der Waals surface area contributed by atoms with Gasteiger partial charge in [-0.05, 0) is 23.3 Å². The molecule has 0 bridgehead atoms. The summed E-state index contributed by atoms with van der Waals surface area (Å²) in [5.41, 5.74) is 3.09. The number of aromatic nitrogens is 1. The molecule has 0 amide bonds. The Morgan fingerprint density at radius 1 is 1.22 bits per heavy atom. The van der Waals surface area contributed by atoms with E-state index in [1.54, 1.807) is 6.07 Å². The lowest BCUT2D eigenvalue weighted by molar-refractivity contribution is -0.567. The van der Waals surface area contributed by atoms with Crippen molar-refractivity contribution in [2.75, 3.05) is 13.7 Å². The zero-order valence-corrected chi connectivity index (χ0v) is 12.3. The van der Waals surface area contributed by atoms with Gasteiger partial charge >= 0.3 is 12.3 Å². The van der Waals surface area contributed by atoms with Crippen LogP contribution in [0.15, 0.2) is 52.9 Å². The summed E-state index contributed by atoms with van der Waals surface area (Å²) in [5, 5.41) is 10.9. The van der Waals surface area contributed by atoms with Gasteiger partial charge in [0.15, 0.2) is 12.2 Å². The van der Waals surface area contributed by atoms with E-state index >= 15 is 0 Å². The maximum absolute atomic E-state index is 10.9. The fourth-order valence-corrected chi connectivity index (χ4v) is 2.16. The number of rotatable bonds is 6. The topological polar surface area (TPSA) is 87.6 Å². The number of oxazole rings is 1. The molecule has 7 nitrogen and oxygen atoms in total. The van der Waals surface area contributed by atoms with E-state index in [0.29, 0.717) is 11.1 Å². The normalized spacial score (nSPS) is 12.2. The number of nitro groups is 1. The van der Waals surface area contributed by atoms with Crippen LogP contribution in [-0.2, 0) is 4.74 Å². The van der Waals surface area contributed by atoms with Crippen molar-refractivity contribution in [3.05, 3.63) is 58.6 Å². The molecule has 1 unspecified atom stereocenters. The lowest BCUT2D eigenvalue weighted by Gasteiger charge is -2.06. The summed E-state index contributed by atoms with van der Waals surface area (Å²) in [7, 11) is 1.36. The Balaban J connectivity index is 1.89. The molecule has 0 N–H and O–H groups in total. The molecule has 7 heteroatoms. The molecule has 1 atom stereocenters. The van der Waals surface area contributed by atoms with Crippen molar-refractivity contribution in [3.63, 3.8) is 0 Å². The minimum absolute atomic E-state index is 0.149. The average Bonchev–Trinajstić information content (AvgIpc) is 2.96. The van der Waals surface area contributed by atoms with E-state index in [1.165, 1.54) is 7.11 Å². The highest BCUT2D eigenvalue weighted by Gasteiger charge is 2.24. The van der Waals surface area contributed by atoms with Crippen molar-refractivity contribution in [1.82, 2.24) is 4.98 Å². The molecule has 0 fully saturated rings. The first-order valence-corrected chi connectivity index (χ1v) is 6.92. The Labute approximate surface area is 131 Å². The largest absolute Gasteiger partial charge is 0.409 e. The van der Waals surface area contributed by atoms with Gasteiger partial charge in [0, 0.05) is 7.11 Å². The molecule has 0 radical (unpaired) electrons. The lowest BCUT2D eigenvalue weighted by atomic mass is 10.1. The third kappa shape index (κ3) is 3.29. The fraction of sp³-hybridized carbons (Fsp3) is 0.188. The van der Waals surface area contributed by atoms with Gasteiger partial charge < -0.3 is 13.9 Å². The standard InChI is InChI=1S/C16H14N2O5/c1-21-10-15(18(19)20)23-16-17-13-9-12(7-8-14(13)22-16)11-5-3-2-4-6-11/h2-9,15H,10H2,1H3. The minimum atomic E-state index is -1.36. The van der Waals surface area contributed by atoms with E-state index in [1.807, 2.05) is 42.5 Å². The first kappa shape index (κ1) is 15.0. The van der Waals surface area contributed by atoms with Crippen LogP contribution >= 0.6 is 0 Å². The first-order chi connectivity index (χ1) is 11.2. The SMILES string of the molecule is COCC(Oc1nc2cc(-c3ccccc3)ccc2o1)[N+](=O)[O-]. The number of fused-ring (bicyclic) bond motifs is 1. The summed E-state index contributed by atoms with van der Waals surface area (Å²) in [4.78, 5) is 14.4. The zero-order valence-electron chi connectivity index (χ0n) is 12.3. The molecule has 1 aromatic heterocycles. The fourth-order valence-electron chi connectivity index (χ4n) is 2.16. The minimum Gasteiger partial charge on any atom is -0.409 e. The van der Waals surface area contributed by atoms with Gasteiger partial charge in [-0.15, -0.1) is 0 Å². The van der Waals surface area contributed by atoms with Crippen molar-refractivity contribution in [2.45, 2.75) is 6.23 Å². The van der Waals surface area contributed by atoms with Crippen LogP contribution in [0.5, 0.6) is 6.08 Å². The zero-order chi connectivity index (χ0) is 16.2. The van der Waals surface area contributed by atoms with Gasteiger partial charge in [0.05, 0.1) is 4.92 Å². The van der Waals surface area contributed by atoms with Crippen LogP contribution in [-0.4, -0.2) is 29.9 Å². The van der Waals surface area contributed by atoms with Gasteiger partial charge in [0.1, 0.15) is 5.52 Å². The van der Waals surface area contributed by atoms with Crippen LogP contribution in [0.3, 0.4) is 0 Å². The highest BCUT2D eigenvalue weighted by Crippen LogP contribution is 2.27. The summed E-state index contributed by atoms with van der Waals surface area (Å²) < 4.78 is 15.3. The van der Waals surface area contributed by atoms with E-state index in [2.05, 4.69) is 4.98 Å². The number of methoxy groups -OCH3 is 1. The molecule has 2 aromatic carbocycles. The second-order valence-electron chi connectivity index (χ2n) is 4.84. The smallest absolute Gasteiger partial charge is 0.399 e. The maximum Gasteiger partial charge on any atom is 0.399 e. The van der Waals surface area contributed by atoms with Gasteiger partial charge in [-0.3, -0.25) is 10.1 Å². The highest BCUT2D eigenvalue weighted by molar-refractivity contribution is 5.80. The molecule has 0 aliphatic carbocycles. The summed E-state index contributed by atoms with van der Waals surface area (Å²) in [6.07, 6.45) is -1.51. The Morgan fingerprint density at radius 2 is 2.00 bits per heavy atom. The van der Waals surface area contributed by atoms with E-state index in [-0.39, 0.29) is 12.7 Å². The third-order valence-electron chi connectivity index (χ3n) is 3.26. The number of hydrogen-bond acceptors (Lipinski definition) is 6. The Morgan fingerprint density at radius 3 is 2.70 bits per heavy atom. The summed E-state index contributed by atoms with van der Waals surface area (Å²) >= 11 is 0. The molecule has 0 spiro atoms. The summed E-state index contributed by atoms with van der Waals surface area (Å²) in [6, 6.07) is 15.3. The second kappa shape index (κ2) is 6.45. The van der Waals surface area contributed by atoms with Crippen molar-refractivity contribution in [3.8, 4) is 17.2 Å². The predicted octanol–water partition coefficient (Wildman–Crippen LogP) is 3.12. The van der Waals surface area contributed by atoms with Gasteiger partial charge in [-0.1, -0.05) is 36.4 Å². The van der Waals surface area contributed by atoms with Crippen molar-refractivity contribution in [2.24, 2.45) is 0 Å². The number of ether oxygens (including phenoxy) is 2. The summed E-state index contributed by atoms with van der Waals surface area (Å²) in [6.45, 7) is -0.193. The second-order valence-corrected chi connectivity index (χ2v) is 4.84. The van der Waals surface area contributed by atoms with E-state index < -0.39 is 11.2 Å². The van der Waals surface area contributed by atoms with Crippen molar-refractivity contribution in [1.29, 1.82) is 0 Å². The molecule has 3 aromatic rings. The maximum atomic E-state index is 10.9. The van der Waals surface area contributed by atoms with Crippen molar-refractivity contribution >= 4 is 11.1 Å². The highest BCUT2D eigenvalue weighted by atomic mass is 16.7. The third-order valence-corrected chi connectivity index (χ3v) is 3.26. The number of nitrogens with zero attached hydrogens (tertiary/aromatic N) is 2. The van der Waals surface area contributed by atoms with Gasteiger partial charge in [0.25, 0.3) is 0 Å². The Bertz CT molecular complexity index is 816. The van der Waals surface area contributed by atoms with E-state index in [4.69, 9.17) is 13.9 Å². The Hall–Kier alpha value is -2.93. The summed E-state index contributed by atoms with van der Waals surface area (Å²) in [5.74, 6) is 0. The van der Waals surface area contributed by atoms with Crippen molar-refractivity contribution < 1.29 is 18.8 Å². The number of hydrogen-bond donors (Lipinski definition) is 0. The van der Waals surface area contributed by atoms with Crippen LogP contribution in [0.4, 0.5) is 0 Å². The monoisotopic (exact) mass is 314 g/mol. The van der Waals surface area contributed by atoms with Gasteiger partial charge in [-0.25, -0.2) is 0 Å². The van der Waals surface area contributed by atoms with E-state index in [9.17, 15) is 10.1 Å².